The number of hydrogen-bond donors (Lipinski definition) is 1. The molecule has 1 N–H and O–H groups in total. The number of piperidine rings is 1. The van der Waals surface area contributed by atoms with E-state index in [0.717, 1.165) is 24.0 Å². The predicted octanol–water partition coefficient (Wildman–Crippen LogP) is 4.33. The van der Waals surface area contributed by atoms with E-state index in [1.807, 2.05) is 45.9 Å². The highest BCUT2D eigenvalue weighted by Gasteiger charge is 2.32. The molecular formula is C18H26ClNO3. The standard InChI is InChI=1S/C18H26ClNO3/c1-12-7-8-14(19)10-15(12)16(21)13-6-5-9-20(11-13)17(22)23-18(2,3)4/h7-8,10,13,16,21H,5-6,9,11H2,1-4H3/t13?,16-/m1/s1. The minimum atomic E-state index is -0.626. The molecule has 1 fully saturated rings. The Labute approximate surface area is 143 Å². The van der Waals surface area contributed by atoms with Crippen molar-refractivity contribution in [3.63, 3.8) is 0 Å². The highest BCUT2D eigenvalue weighted by molar-refractivity contribution is 6.30. The zero-order valence-corrected chi connectivity index (χ0v) is 15.1. The van der Waals surface area contributed by atoms with E-state index in [4.69, 9.17) is 16.3 Å². The molecule has 1 amide bonds. The molecule has 0 saturated carbocycles. The van der Waals surface area contributed by atoms with Gasteiger partial charge in [-0.1, -0.05) is 17.7 Å². The number of aryl methyl sites for hydroxylation is 1. The van der Waals surface area contributed by atoms with Crippen LogP contribution in [-0.4, -0.2) is 34.8 Å². The van der Waals surface area contributed by atoms with Crippen molar-refractivity contribution < 1.29 is 14.6 Å². The van der Waals surface area contributed by atoms with Gasteiger partial charge in [-0.2, -0.15) is 0 Å². The van der Waals surface area contributed by atoms with Gasteiger partial charge in [0, 0.05) is 24.0 Å². The number of carbonyl (C=O) groups is 1. The van der Waals surface area contributed by atoms with Crippen molar-refractivity contribution in [1.29, 1.82) is 0 Å². The molecule has 0 bridgehead atoms. The Morgan fingerprint density at radius 1 is 1.43 bits per heavy atom. The molecule has 23 heavy (non-hydrogen) atoms. The van der Waals surface area contributed by atoms with Crippen LogP contribution in [-0.2, 0) is 4.74 Å². The van der Waals surface area contributed by atoms with Crippen molar-refractivity contribution in [1.82, 2.24) is 4.90 Å². The van der Waals surface area contributed by atoms with Crippen molar-refractivity contribution in [2.45, 2.75) is 52.2 Å². The molecular weight excluding hydrogens is 314 g/mol. The summed E-state index contributed by atoms with van der Waals surface area (Å²) in [5, 5.41) is 11.4. The highest BCUT2D eigenvalue weighted by atomic mass is 35.5. The van der Waals surface area contributed by atoms with Crippen molar-refractivity contribution in [3.8, 4) is 0 Å². The fraction of sp³-hybridized carbons (Fsp3) is 0.611. The van der Waals surface area contributed by atoms with Gasteiger partial charge in [-0.05, 0) is 63.8 Å². The molecule has 1 aliphatic heterocycles. The molecule has 128 valence electrons. The Bertz CT molecular complexity index is 568. The third-order valence-electron chi connectivity index (χ3n) is 4.12. The number of rotatable bonds is 2. The van der Waals surface area contributed by atoms with Crippen LogP contribution < -0.4 is 0 Å². The third-order valence-corrected chi connectivity index (χ3v) is 4.35. The lowest BCUT2D eigenvalue weighted by Crippen LogP contribution is -2.44. The summed E-state index contributed by atoms with van der Waals surface area (Å²) >= 11 is 6.06. The minimum Gasteiger partial charge on any atom is -0.444 e. The second kappa shape index (κ2) is 7.10. The number of carbonyl (C=O) groups excluding carboxylic acids is 1. The largest absolute Gasteiger partial charge is 0.444 e. The topological polar surface area (TPSA) is 49.8 Å². The smallest absolute Gasteiger partial charge is 0.410 e. The van der Waals surface area contributed by atoms with Crippen LogP contribution in [0.1, 0.15) is 50.8 Å². The van der Waals surface area contributed by atoms with Crippen LogP contribution in [0.25, 0.3) is 0 Å². The van der Waals surface area contributed by atoms with Crippen molar-refractivity contribution in [2.75, 3.05) is 13.1 Å². The van der Waals surface area contributed by atoms with Gasteiger partial charge in [0.2, 0.25) is 0 Å². The summed E-state index contributed by atoms with van der Waals surface area (Å²) in [7, 11) is 0. The molecule has 1 aromatic rings. The van der Waals surface area contributed by atoms with Crippen LogP contribution in [0.3, 0.4) is 0 Å². The van der Waals surface area contributed by atoms with Crippen molar-refractivity contribution in [2.24, 2.45) is 5.92 Å². The van der Waals surface area contributed by atoms with E-state index < -0.39 is 11.7 Å². The molecule has 0 aliphatic carbocycles. The number of aliphatic hydroxyl groups is 1. The van der Waals surface area contributed by atoms with E-state index in [1.54, 1.807) is 4.90 Å². The van der Waals surface area contributed by atoms with Crippen molar-refractivity contribution >= 4 is 17.7 Å². The molecule has 2 atom stereocenters. The molecule has 0 aromatic heterocycles. The number of hydrogen-bond acceptors (Lipinski definition) is 3. The fourth-order valence-corrected chi connectivity index (χ4v) is 3.12. The van der Waals surface area contributed by atoms with Gasteiger partial charge in [0.05, 0.1) is 6.10 Å². The minimum absolute atomic E-state index is 0.00608. The summed E-state index contributed by atoms with van der Waals surface area (Å²) in [6.07, 6.45) is 0.809. The molecule has 1 unspecified atom stereocenters. The van der Waals surface area contributed by atoms with Gasteiger partial charge >= 0.3 is 6.09 Å². The number of ether oxygens (including phenoxy) is 1. The first-order valence-corrected chi connectivity index (χ1v) is 8.47. The molecule has 1 aliphatic rings. The lowest BCUT2D eigenvalue weighted by atomic mass is 9.87. The first-order valence-electron chi connectivity index (χ1n) is 8.09. The number of amides is 1. The van der Waals surface area contributed by atoms with Crippen LogP contribution in [0.2, 0.25) is 5.02 Å². The lowest BCUT2D eigenvalue weighted by molar-refractivity contribution is 0.00231. The number of benzene rings is 1. The highest BCUT2D eigenvalue weighted by Crippen LogP contribution is 2.33. The van der Waals surface area contributed by atoms with Crippen LogP contribution in [0, 0.1) is 12.8 Å². The summed E-state index contributed by atoms with van der Waals surface area (Å²) in [6, 6.07) is 5.55. The summed E-state index contributed by atoms with van der Waals surface area (Å²) in [4.78, 5) is 13.9. The predicted molar refractivity (Wildman–Crippen MR) is 91.7 cm³/mol. The van der Waals surface area contributed by atoms with Crippen LogP contribution in [0.4, 0.5) is 4.79 Å². The average molecular weight is 340 g/mol. The summed E-state index contributed by atoms with van der Waals surface area (Å²) in [5.74, 6) is -0.00608. The molecule has 1 heterocycles. The molecule has 0 spiro atoms. The van der Waals surface area contributed by atoms with Gasteiger partial charge in [0.1, 0.15) is 5.60 Å². The van der Waals surface area contributed by atoms with Crippen LogP contribution in [0.15, 0.2) is 18.2 Å². The molecule has 1 saturated heterocycles. The Morgan fingerprint density at radius 3 is 2.78 bits per heavy atom. The van der Waals surface area contributed by atoms with Gasteiger partial charge in [-0.25, -0.2) is 4.79 Å². The van der Waals surface area contributed by atoms with Gasteiger partial charge in [0.15, 0.2) is 0 Å². The fourth-order valence-electron chi connectivity index (χ4n) is 2.94. The summed E-state index contributed by atoms with van der Waals surface area (Å²) in [6.45, 7) is 8.71. The van der Waals surface area contributed by atoms with Crippen LogP contribution >= 0.6 is 11.6 Å². The summed E-state index contributed by atoms with van der Waals surface area (Å²) in [5.41, 5.74) is 1.34. The molecule has 4 nitrogen and oxygen atoms in total. The molecule has 1 aromatic carbocycles. The Hall–Kier alpha value is -1.26. The SMILES string of the molecule is Cc1ccc(Cl)cc1[C@H](O)C1CCCN(C(=O)OC(C)(C)C)C1. The van der Waals surface area contributed by atoms with E-state index in [2.05, 4.69) is 0 Å². The zero-order chi connectivity index (χ0) is 17.2. The Balaban J connectivity index is 2.08. The first kappa shape index (κ1) is 18.1. The van der Waals surface area contributed by atoms with Crippen LogP contribution in [0.5, 0.6) is 0 Å². The molecule has 5 heteroatoms. The average Bonchev–Trinajstić information content (AvgIpc) is 2.47. The second-order valence-corrected chi connectivity index (χ2v) is 7.71. The third kappa shape index (κ3) is 4.85. The van der Waals surface area contributed by atoms with E-state index in [-0.39, 0.29) is 12.0 Å². The maximum atomic E-state index is 12.2. The lowest BCUT2D eigenvalue weighted by Gasteiger charge is -2.36. The maximum Gasteiger partial charge on any atom is 0.410 e. The Kier molecular flexibility index (Phi) is 5.58. The number of halogens is 1. The zero-order valence-electron chi connectivity index (χ0n) is 14.3. The van der Waals surface area contributed by atoms with Crippen molar-refractivity contribution in [3.05, 3.63) is 34.3 Å². The van der Waals surface area contributed by atoms with Gasteiger partial charge in [-0.3, -0.25) is 0 Å². The number of nitrogens with zero attached hydrogens (tertiary/aromatic N) is 1. The van der Waals surface area contributed by atoms with Gasteiger partial charge in [0.25, 0.3) is 0 Å². The maximum absolute atomic E-state index is 12.2. The second-order valence-electron chi connectivity index (χ2n) is 7.27. The Morgan fingerprint density at radius 2 is 2.13 bits per heavy atom. The molecule has 0 radical (unpaired) electrons. The normalized spacial score (nSPS) is 20.3. The monoisotopic (exact) mass is 339 g/mol. The first-order chi connectivity index (χ1) is 10.7. The van der Waals surface area contributed by atoms with E-state index in [1.165, 1.54) is 0 Å². The van der Waals surface area contributed by atoms with Gasteiger partial charge < -0.3 is 14.7 Å². The quantitative estimate of drug-likeness (QED) is 0.872. The number of aliphatic hydroxyl groups excluding tert-OH is 1. The van der Waals surface area contributed by atoms with E-state index in [0.29, 0.717) is 18.1 Å². The van der Waals surface area contributed by atoms with Gasteiger partial charge in [-0.15, -0.1) is 0 Å². The molecule has 2 rings (SSSR count). The van der Waals surface area contributed by atoms with E-state index >= 15 is 0 Å². The van der Waals surface area contributed by atoms with E-state index in [9.17, 15) is 9.90 Å². The number of likely N-dealkylation sites (tertiary alicyclic amines) is 1. The summed E-state index contributed by atoms with van der Waals surface area (Å²) < 4.78 is 5.44.